The molecule has 106 valence electrons. The highest BCUT2D eigenvalue weighted by atomic mass is 16.5. The fourth-order valence-electron chi connectivity index (χ4n) is 2.16. The van der Waals surface area contributed by atoms with Crippen LogP contribution in [0.3, 0.4) is 0 Å². The van der Waals surface area contributed by atoms with E-state index in [9.17, 15) is 10.0 Å². The molecule has 0 aliphatic rings. The first-order valence-electron chi connectivity index (χ1n) is 6.62. The zero-order chi connectivity index (χ0) is 15.2. The highest BCUT2D eigenvalue weighted by Crippen LogP contribution is 2.24. The average Bonchev–Trinajstić information content (AvgIpc) is 2.52. The molecule has 0 atom stereocenters. The van der Waals surface area contributed by atoms with Gasteiger partial charge in [0, 0.05) is 5.56 Å². The summed E-state index contributed by atoms with van der Waals surface area (Å²) in [4.78, 5) is 0. The topological polar surface area (TPSA) is 49.7 Å². The minimum Gasteiger partial charge on any atom is -0.488 e. The van der Waals surface area contributed by atoms with E-state index in [-0.39, 0.29) is 0 Å². The molecule has 2 N–H and O–H groups in total. The van der Waals surface area contributed by atoms with Crippen molar-refractivity contribution < 1.29 is 14.8 Å². The molecule has 2 aromatic rings. The largest absolute Gasteiger partial charge is 0.489 e. The lowest BCUT2D eigenvalue weighted by atomic mass is 9.75. The standard InChI is InChI=1S/C17H17BO3/c1-3-14-15(4-2)17(11-10-16(14)18(19)20)21-12-13-8-6-5-7-9-13/h3-11,19-20H,1-2,12H2. The van der Waals surface area contributed by atoms with E-state index in [0.717, 1.165) is 5.56 Å². The molecule has 0 fully saturated rings. The van der Waals surface area contributed by atoms with E-state index in [0.29, 0.717) is 28.9 Å². The zero-order valence-electron chi connectivity index (χ0n) is 11.7. The van der Waals surface area contributed by atoms with Crippen LogP contribution in [0, 0.1) is 0 Å². The number of hydrogen-bond acceptors (Lipinski definition) is 3. The predicted octanol–water partition coefficient (Wildman–Crippen LogP) is 2.23. The molecule has 3 nitrogen and oxygen atoms in total. The van der Waals surface area contributed by atoms with Gasteiger partial charge in [0.1, 0.15) is 12.4 Å². The van der Waals surface area contributed by atoms with E-state index in [4.69, 9.17) is 4.74 Å². The number of rotatable bonds is 6. The molecule has 0 spiro atoms. The molecule has 0 saturated carbocycles. The van der Waals surface area contributed by atoms with Crippen molar-refractivity contribution in [1.82, 2.24) is 0 Å². The van der Waals surface area contributed by atoms with Crippen LogP contribution in [0.2, 0.25) is 0 Å². The van der Waals surface area contributed by atoms with Crippen molar-refractivity contribution >= 4 is 24.7 Å². The minimum atomic E-state index is -1.56. The Bertz CT molecular complexity index is 636. The van der Waals surface area contributed by atoms with Gasteiger partial charge in [0.15, 0.2) is 0 Å². The van der Waals surface area contributed by atoms with Gasteiger partial charge in [-0.25, -0.2) is 0 Å². The molecule has 0 heterocycles. The Hall–Kier alpha value is -2.30. The fraction of sp³-hybridized carbons (Fsp3) is 0.0588. The molecule has 2 rings (SSSR count). The summed E-state index contributed by atoms with van der Waals surface area (Å²) in [5.41, 5.74) is 2.75. The van der Waals surface area contributed by atoms with Gasteiger partial charge in [-0.2, -0.15) is 0 Å². The van der Waals surface area contributed by atoms with Crippen molar-refractivity contribution in [3.05, 3.63) is 72.3 Å². The van der Waals surface area contributed by atoms with E-state index < -0.39 is 7.12 Å². The molecule has 4 heteroatoms. The molecule has 0 unspecified atom stereocenters. The maximum atomic E-state index is 9.39. The normalized spacial score (nSPS) is 10.0. The number of hydrogen-bond donors (Lipinski definition) is 2. The number of benzene rings is 2. The fourth-order valence-corrected chi connectivity index (χ4v) is 2.16. The monoisotopic (exact) mass is 280 g/mol. The maximum absolute atomic E-state index is 9.39. The zero-order valence-corrected chi connectivity index (χ0v) is 11.7. The van der Waals surface area contributed by atoms with Crippen LogP contribution in [0.25, 0.3) is 12.2 Å². The molecule has 21 heavy (non-hydrogen) atoms. The van der Waals surface area contributed by atoms with E-state index >= 15 is 0 Å². The first-order valence-corrected chi connectivity index (χ1v) is 6.62. The van der Waals surface area contributed by atoms with Crippen LogP contribution < -0.4 is 10.2 Å². The summed E-state index contributed by atoms with van der Waals surface area (Å²) in [5.74, 6) is 0.633. The second-order valence-electron chi connectivity index (χ2n) is 4.54. The Morgan fingerprint density at radius 3 is 2.19 bits per heavy atom. The van der Waals surface area contributed by atoms with Gasteiger partial charge in [0.25, 0.3) is 0 Å². The average molecular weight is 280 g/mol. The van der Waals surface area contributed by atoms with Gasteiger partial charge in [-0.15, -0.1) is 0 Å². The molecule has 0 aromatic heterocycles. The van der Waals surface area contributed by atoms with Crippen molar-refractivity contribution in [1.29, 1.82) is 0 Å². The van der Waals surface area contributed by atoms with Crippen LogP contribution in [-0.4, -0.2) is 17.2 Å². The Morgan fingerprint density at radius 2 is 1.62 bits per heavy atom. The molecule has 0 saturated heterocycles. The van der Waals surface area contributed by atoms with Gasteiger partial charge >= 0.3 is 7.12 Å². The number of ether oxygens (including phenoxy) is 1. The minimum absolute atomic E-state index is 0.381. The summed E-state index contributed by atoms with van der Waals surface area (Å²) in [6, 6.07) is 13.1. The summed E-state index contributed by atoms with van der Waals surface area (Å²) >= 11 is 0. The highest BCUT2D eigenvalue weighted by molar-refractivity contribution is 6.59. The van der Waals surface area contributed by atoms with Crippen LogP contribution in [0.15, 0.2) is 55.6 Å². The van der Waals surface area contributed by atoms with Crippen LogP contribution in [-0.2, 0) is 6.61 Å². The Kier molecular flexibility index (Phi) is 4.98. The summed E-state index contributed by atoms with van der Waals surface area (Å²) < 4.78 is 5.81. The van der Waals surface area contributed by atoms with Crippen molar-refractivity contribution in [3.8, 4) is 5.75 Å². The second-order valence-corrected chi connectivity index (χ2v) is 4.54. The molecule has 0 bridgehead atoms. The Labute approximate surface area is 125 Å². The summed E-state index contributed by atoms with van der Waals surface area (Å²) in [6.07, 6.45) is 3.20. The van der Waals surface area contributed by atoms with Gasteiger partial charge in [0.2, 0.25) is 0 Å². The first-order chi connectivity index (χ1) is 10.2. The maximum Gasteiger partial charge on any atom is 0.489 e. The highest BCUT2D eigenvalue weighted by Gasteiger charge is 2.18. The predicted molar refractivity (Wildman–Crippen MR) is 87.2 cm³/mol. The Balaban J connectivity index is 2.31. The van der Waals surface area contributed by atoms with Gasteiger partial charge < -0.3 is 14.8 Å². The quantitative estimate of drug-likeness (QED) is 0.798. The summed E-state index contributed by atoms with van der Waals surface area (Å²) in [7, 11) is -1.56. The van der Waals surface area contributed by atoms with Crippen molar-refractivity contribution in [2.24, 2.45) is 0 Å². The van der Waals surface area contributed by atoms with E-state index in [1.807, 2.05) is 30.3 Å². The van der Waals surface area contributed by atoms with E-state index in [2.05, 4.69) is 13.2 Å². The van der Waals surface area contributed by atoms with Crippen molar-refractivity contribution in [2.75, 3.05) is 0 Å². The summed E-state index contributed by atoms with van der Waals surface area (Å²) in [6.45, 7) is 7.91. The third kappa shape index (κ3) is 3.43. The third-order valence-corrected chi connectivity index (χ3v) is 3.20. The second kappa shape index (κ2) is 6.93. The van der Waals surface area contributed by atoms with Crippen LogP contribution in [0.5, 0.6) is 5.75 Å². The SMILES string of the molecule is C=Cc1c(OCc2ccccc2)ccc(B(O)O)c1C=C. The summed E-state index contributed by atoms with van der Waals surface area (Å²) in [5, 5.41) is 18.8. The first kappa shape index (κ1) is 15.1. The van der Waals surface area contributed by atoms with Crippen LogP contribution in [0.1, 0.15) is 16.7 Å². The lowest BCUT2D eigenvalue weighted by Crippen LogP contribution is -2.32. The van der Waals surface area contributed by atoms with Crippen molar-refractivity contribution in [2.45, 2.75) is 6.61 Å². The smallest absolute Gasteiger partial charge is 0.488 e. The molecule has 2 aromatic carbocycles. The molecule has 0 radical (unpaired) electrons. The van der Waals surface area contributed by atoms with Crippen LogP contribution in [0.4, 0.5) is 0 Å². The Morgan fingerprint density at radius 1 is 0.952 bits per heavy atom. The third-order valence-electron chi connectivity index (χ3n) is 3.20. The van der Waals surface area contributed by atoms with Crippen molar-refractivity contribution in [3.63, 3.8) is 0 Å². The van der Waals surface area contributed by atoms with E-state index in [1.54, 1.807) is 24.3 Å². The lowest BCUT2D eigenvalue weighted by molar-refractivity contribution is 0.305. The van der Waals surface area contributed by atoms with Gasteiger partial charge in [-0.05, 0) is 22.7 Å². The molecule has 0 amide bonds. The molecular weight excluding hydrogens is 263 g/mol. The van der Waals surface area contributed by atoms with Crippen LogP contribution >= 0.6 is 0 Å². The molecule has 0 aliphatic carbocycles. The van der Waals surface area contributed by atoms with Gasteiger partial charge in [-0.1, -0.05) is 61.7 Å². The molecular formula is C17H17BO3. The van der Waals surface area contributed by atoms with E-state index in [1.165, 1.54) is 0 Å². The molecule has 0 aliphatic heterocycles. The van der Waals surface area contributed by atoms with Gasteiger partial charge in [0.05, 0.1) is 0 Å². The lowest BCUT2D eigenvalue weighted by Gasteiger charge is -2.15. The van der Waals surface area contributed by atoms with Gasteiger partial charge in [-0.3, -0.25) is 0 Å².